The monoisotopic (exact) mass is 425 g/mol. The number of piperidine rings is 1. The molecule has 146 valence electrons. The molecule has 0 radical (unpaired) electrons. The van der Waals surface area contributed by atoms with E-state index in [2.05, 4.69) is 23.7 Å². The summed E-state index contributed by atoms with van der Waals surface area (Å²) in [5, 5.41) is 1.93. The average Bonchev–Trinajstić information content (AvgIpc) is 3.06. The molecule has 0 saturated carbocycles. The van der Waals surface area contributed by atoms with Crippen LogP contribution in [0.25, 0.3) is 10.6 Å². The van der Waals surface area contributed by atoms with E-state index in [4.69, 9.17) is 23.2 Å². The first kappa shape index (κ1) is 20.6. The minimum Gasteiger partial charge on any atom is -0.338 e. The first-order valence-electron chi connectivity index (χ1n) is 9.40. The lowest BCUT2D eigenvalue weighted by Crippen LogP contribution is -2.46. The number of aromatic nitrogens is 1. The van der Waals surface area contributed by atoms with Crippen LogP contribution in [0.3, 0.4) is 0 Å². The molecule has 1 saturated heterocycles. The Morgan fingerprint density at radius 2 is 1.93 bits per heavy atom. The molecular weight excluding hydrogens is 401 g/mol. The topological polar surface area (TPSA) is 36.4 Å². The van der Waals surface area contributed by atoms with E-state index in [-0.39, 0.29) is 5.91 Å². The van der Waals surface area contributed by atoms with Crippen molar-refractivity contribution in [3.05, 3.63) is 38.8 Å². The maximum atomic E-state index is 13.1. The fraction of sp³-hybridized carbons (Fsp3) is 0.500. The van der Waals surface area contributed by atoms with Crippen molar-refractivity contribution in [2.24, 2.45) is 0 Å². The summed E-state index contributed by atoms with van der Waals surface area (Å²) >= 11 is 13.8. The maximum Gasteiger partial charge on any atom is 0.265 e. The van der Waals surface area contributed by atoms with Crippen molar-refractivity contribution >= 4 is 40.4 Å². The molecule has 3 rings (SSSR count). The number of amides is 1. The van der Waals surface area contributed by atoms with Gasteiger partial charge in [-0.2, -0.15) is 0 Å². The van der Waals surface area contributed by atoms with Gasteiger partial charge in [-0.25, -0.2) is 4.98 Å². The number of likely N-dealkylation sites (tertiary alicyclic amines) is 1. The number of hydrogen-bond donors (Lipinski definition) is 0. The van der Waals surface area contributed by atoms with Crippen LogP contribution in [0.1, 0.15) is 42.1 Å². The number of carbonyl (C=O) groups excluding carboxylic acids is 1. The highest BCUT2D eigenvalue weighted by atomic mass is 35.5. The van der Waals surface area contributed by atoms with E-state index in [9.17, 15) is 4.79 Å². The molecule has 2 aromatic rings. The van der Waals surface area contributed by atoms with Crippen LogP contribution >= 0.6 is 34.5 Å². The van der Waals surface area contributed by atoms with Crippen molar-refractivity contribution in [3.8, 4) is 10.6 Å². The Bertz CT molecular complexity index is 812. The maximum absolute atomic E-state index is 13.1. The molecule has 0 unspecified atom stereocenters. The number of halogens is 2. The lowest BCUT2D eigenvalue weighted by molar-refractivity contribution is 0.0635. The van der Waals surface area contributed by atoms with Gasteiger partial charge in [0.2, 0.25) is 0 Å². The van der Waals surface area contributed by atoms with Crippen molar-refractivity contribution in [1.29, 1.82) is 0 Å². The van der Waals surface area contributed by atoms with Gasteiger partial charge in [0, 0.05) is 29.7 Å². The van der Waals surface area contributed by atoms with Gasteiger partial charge >= 0.3 is 0 Å². The summed E-state index contributed by atoms with van der Waals surface area (Å²) in [6, 6.07) is 5.88. The summed E-state index contributed by atoms with van der Waals surface area (Å²) in [5.41, 5.74) is 1.53. The quantitative estimate of drug-likeness (QED) is 0.645. The smallest absolute Gasteiger partial charge is 0.265 e. The number of benzene rings is 1. The predicted molar refractivity (Wildman–Crippen MR) is 114 cm³/mol. The Balaban J connectivity index is 1.75. The molecule has 0 N–H and O–H groups in total. The summed E-state index contributed by atoms with van der Waals surface area (Å²) in [6.07, 6.45) is 2.05. The van der Waals surface area contributed by atoms with Crippen LogP contribution in [-0.4, -0.2) is 52.9 Å². The lowest BCUT2D eigenvalue weighted by Gasteiger charge is -2.37. The van der Waals surface area contributed by atoms with Crippen LogP contribution in [0.15, 0.2) is 18.2 Å². The van der Waals surface area contributed by atoms with Gasteiger partial charge in [-0.1, -0.05) is 37.0 Å². The Labute approximate surface area is 175 Å². The van der Waals surface area contributed by atoms with Gasteiger partial charge < -0.3 is 9.80 Å². The second kappa shape index (κ2) is 8.91. The fourth-order valence-corrected chi connectivity index (χ4v) is 5.19. The molecule has 0 atom stereocenters. The number of rotatable bonds is 5. The molecule has 1 aliphatic rings. The zero-order chi connectivity index (χ0) is 19.6. The van der Waals surface area contributed by atoms with Crippen molar-refractivity contribution in [3.63, 3.8) is 0 Å². The van der Waals surface area contributed by atoms with Gasteiger partial charge in [0.1, 0.15) is 9.88 Å². The van der Waals surface area contributed by atoms with Gasteiger partial charge in [-0.15, -0.1) is 11.3 Å². The first-order valence-corrected chi connectivity index (χ1v) is 11.0. The van der Waals surface area contributed by atoms with E-state index in [1.807, 2.05) is 11.8 Å². The molecule has 1 amide bonds. The van der Waals surface area contributed by atoms with E-state index < -0.39 is 0 Å². The van der Waals surface area contributed by atoms with E-state index in [0.717, 1.165) is 55.3 Å². The molecule has 4 nitrogen and oxygen atoms in total. The molecule has 1 fully saturated rings. The Morgan fingerprint density at radius 3 is 2.56 bits per heavy atom. The second-order valence-corrected chi connectivity index (χ2v) is 8.65. The van der Waals surface area contributed by atoms with Gasteiger partial charge in [-0.3, -0.25) is 4.79 Å². The molecule has 1 aromatic heterocycles. The van der Waals surface area contributed by atoms with Gasteiger partial charge in [0.15, 0.2) is 0 Å². The van der Waals surface area contributed by atoms with E-state index in [1.54, 1.807) is 18.2 Å². The molecule has 7 heteroatoms. The lowest BCUT2D eigenvalue weighted by atomic mass is 10.0. The Morgan fingerprint density at radius 1 is 1.26 bits per heavy atom. The highest BCUT2D eigenvalue weighted by Crippen LogP contribution is 2.35. The zero-order valence-electron chi connectivity index (χ0n) is 16.0. The highest BCUT2D eigenvalue weighted by molar-refractivity contribution is 7.17. The predicted octanol–water partition coefficient (Wildman–Crippen LogP) is 5.37. The van der Waals surface area contributed by atoms with Crippen molar-refractivity contribution in [2.45, 2.75) is 39.7 Å². The highest BCUT2D eigenvalue weighted by Gasteiger charge is 2.28. The van der Waals surface area contributed by atoms with E-state index in [1.165, 1.54) is 11.3 Å². The van der Waals surface area contributed by atoms with Crippen LogP contribution in [-0.2, 0) is 0 Å². The second-order valence-electron chi connectivity index (χ2n) is 6.80. The fourth-order valence-electron chi connectivity index (χ4n) is 3.69. The largest absolute Gasteiger partial charge is 0.338 e. The molecule has 1 aromatic carbocycles. The van der Waals surface area contributed by atoms with Crippen LogP contribution in [0.2, 0.25) is 10.0 Å². The summed E-state index contributed by atoms with van der Waals surface area (Å²) in [5.74, 6) is 0.0763. The van der Waals surface area contributed by atoms with Gasteiger partial charge in [0.05, 0.1) is 10.7 Å². The summed E-state index contributed by atoms with van der Waals surface area (Å²) < 4.78 is 0. The molecular formula is C20H25Cl2N3OS. The number of nitrogens with zero attached hydrogens (tertiary/aromatic N) is 3. The van der Waals surface area contributed by atoms with Gasteiger partial charge in [0.25, 0.3) is 5.91 Å². The van der Waals surface area contributed by atoms with Crippen LogP contribution < -0.4 is 0 Å². The number of hydrogen-bond acceptors (Lipinski definition) is 4. The first-order chi connectivity index (χ1) is 12.9. The third-order valence-corrected chi connectivity index (χ3v) is 6.97. The molecule has 0 aliphatic carbocycles. The Hall–Kier alpha value is -1.14. The zero-order valence-corrected chi connectivity index (χ0v) is 18.3. The van der Waals surface area contributed by atoms with Crippen molar-refractivity contribution in [2.75, 3.05) is 26.2 Å². The third-order valence-electron chi connectivity index (χ3n) is 5.23. The van der Waals surface area contributed by atoms with Crippen molar-refractivity contribution in [1.82, 2.24) is 14.8 Å². The van der Waals surface area contributed by atoms with E-state index >= 15 is 0 Å². The normalized spacial score (nSPS) is 15.6. The number of thiazole rings is 1. The molecule has 2 heterocycles. The molecule has 0 spiro atoms. The summed E-state index contributed by atoms with van der Waals surface area (Å²) in [7, 11) is 0. The molecule has 0 bridgehead atoms. The minimum atomic E-state index is 0.0763. The van der Waals surface area contributed by atoms with Crippen LogP contribution in [0.5, 0.6) is 0 Å². The molecule has 27 heavy (non-hydrogen) atoms. The van der Waals surface area contributed by atoms with Crippen LogP contribution in [0.4, 0.5) is 0 Å². The summed E-state index contributed by atoms with van der Waals surface area (Å²) in [6.45, 7) is 10.00. The SMILES string of the molecule is CCN(CC)C1CCN(C(=O)c2sc(-c3cc(Cl)ccc3Cl)nc2C)CC1. The minimum absolute atomic E-state index is 0.0763. The number of carbonyl (C=O) groups is 1. The summed E-state index contributed by atoms with van der Waals surface area (Å²) in [4.78, 5) is 22.8. The third kappa shape index (κ3) is 4.48. The number of aryl methyl sites for hydroxylation is 1. The van der Waals surface area contributed by atoms with Gasteiger partial charge in [-0.05, 0) is 51.1 Å². The van der Waals surface area contributed by atoms with Crippen molar-refractivity contribution < 1.29 is 4.79 Å². The van der Waals surface area contributed by atoms with E-state index in [0.29, 0.717) is 21.0 Å². The average molecular weight is 426 g/mol. The standard InChI is InChI=1S/C20H25Cl2N3OS/c1-4-24(5-2)15-8-10-25(11-9-15)20(26)18-13(3)23-19(27-18)16-12-14(21)6-7-17(16)22/h6-7,12,15H,4-5,8-11H2,1-3H3. The Kier molecular flexibility index (Phi) is 6.79. The van der Waals surface area contributed by atoms with Crippen LogP contribution in [0, 0.1) is 6.92 Å². The molecule has 1 aliphatic heterocycles.